The summed E-state index contributed by atoms with van der Waals surface area (Å²) >= 11 is 0. The second-order valence-corrected chi connectivity index (χ2v) is 4.82. The van der Waals surface area contributed by atoms with Crippen molar-refractivity contribution < 1.29 is 35.5 Å². The van der Waals surface area contributed by atoms with Crippen LogP contribution >= 0.6 is 0 Å². The standard InChI is InChI=1S/C14H15F7N2O/c1-3-23(4-2)10-7-5-9(6-8-10)22-11(24)12(15,16)13(17,18)14(19,20)21/h5-8H,3-4H2,1-2H3,(H,22,24). The van der Waals surface area contributed by atoms with Crippen LogP contribution in [0.25, 0.3) is 0 Å². The summed E-state index contributed by atoms with van der Waals surface area (Å²) in [6, 6.07) is 5.10. The van der Waals surface area contributed by atoms with Crippen molar-refractivity contribution in [3.8, 4) is 0 Å². The number of hydrogen-bond donors (Lipinski definition) is 1. The van der Waals surface area contributed by atoms with Gasteiger partial charge in [-0.05, 0) is 38.1 Å². The van der Waals surface area contributed by atoms with Gasteiger partial charge in [-0.25, -0.2) is 0 Å². The molecule has 0 radical (unpaired) electrons. The van der Waals surface area contributed by atoms with E-state index in [9.17, 15) is 35.5 Å². The summed E-state index contributed by atoms with van der Waals surface area (Å²) in [5.74, 6) is -15.2. The molecule has 0 aliphatic rings. The zero-order valence-corrected chi connectivity index (χ0v) is 12.7. The van der Waals surface area contributed by atoms with Crippen LogP contribution in [0.4, 0.5) is 42.1 Å². The minimum atomic E-state index is -6.56. The average molecular weight is 360 g/mol. The summed E-state index contributed by atoms with van der Waals surface area (Å²) in [6.45, 7) is 4.99. The van der Waals surface area contributed by atoms with E-state index in [4.69, 9.17) is 0 Å². The Morgan fingerprint density at radius 1 is 0.958 bits per heavy atom. The summed E-state index contributed by atoms with van der Waals surface area (Å²) in [5.41, 5.74) is 0.346. The van der Waals surface area contributed by atoms with Gasteiger partial charge in [-0.1, -0.05) is 0 Å². The monoisotopic (exact) mass is 360 g/mol. The SMILES string of the molecule is CCN(CC)c1ccc(NC(=O)C(F)(F)C(F)(F)C(F)(F)F)cc1. The summed E-state index contributed by atoms with van der Waals surface area (Å²) in [4.78, 5) is 13.1. The van der Waals surface area contributed by atoms with E-state index in [2.05, 4.69) is 0 Å². The molecule has 3 nitrogen and oxygen atoms in total. The smallest absolute Gasteiger partial charge is 0.372 e. The number of hydrogen-bond acceptors (Lipinski definition) is 2. The van der Waals surface area contributed by atoms with E-state index in [0.717, 1.165) is 12.1 Å². The number of anilines is 2. The molecule has 1 aromatic carbocycles. The Hall–Kier alpha value is -2.00. The zero-order valence-electron chi connectivity index (χ0n) is 12.7. The molecule has 0 unspecified atom stereocenters. The van der Waals surface area contributed by atoms with Crippen LogP contribution in [-0.2, 0) is 4.79 Å². The van der Waals surface area contributed by atoms with Crippen molar-refractivity contribution >= 4 is 17.3 Å². The topological polar surface area (TPSA) is 32.3 Å². The third kappa shape index (κ3) is 3.73. The number of carbonyl (C=O) groups excluding carboxylic acids is 1. The first-order valence-corrected chi connectivity index (χ1v) is 6.87. The van der Waals surface area contributed by atoms with E-state index in [1.807, 2.05) is 18.7 Å². The number of amides is 1. The summed E-state index contributed by atoms with van der Waals surface area (Å²) in [6.07, 6.45) is -6.56. The first kappa shape index (κ1) is 20.0. The molecule has 0 bridgehead atoms. The van der Waals surface area contributed by atoms with Gasteiger partial charge >= 0.3 is 23.9 Å². The second kappa shape index (κ2) is 6.86. The van der Waals surface area contributed by atoms with Crippen LogP contribution in [-0.4, -0.2) is 37.0 Å². The van der Waals surface area contributed by atoms with E-state index in [1.165, 1.54) is 17.4 Å². The van der Waals surface area contributed by atoms with Crippen molar-refractivity contribution in [3.63, 3.8) is 0 Å². The lowest BCUT2D eigenvalue weighted by Gasteiger charge is -2.27. The molecule has 1 amide bonds. The molecule has 1 aromatic rings. The fourth-order valence-electron chi connectivity index (χ4n) is 1.87. The van der Waals surface area contributed by atoms with Gasteiger partial charge in [0.05, 0.1) is 0 Å². The lowest BCUT2D eigenvalue weighted by Crippen LogP contribution is -2.57. The van der Waals surface area contributed by atoms with Gasteiger partial charge in [0.1, 0.15) is 0 Å². The van der Waals surface area contributed by atoms with Crippen LogP contribution in [0, 0.1) is 0 Å². The molecule has 0 aliphatic heterocycles. The van der Waals surface area contributed by atoms with Crippen molar-refractivity contribution in [2.75, 3.05) is 23.3 Å². The van der Waals surface area contributed by atoms with Gasteiger partial charge < -0.3 is 10.2 Å². The molecule has 0 fully saturated rings. The molecule has 24 heavy (non-hydrogen) atoms. The summed E-state index contributed by atoms with van der Waals surface area (Å²) in [5, 5.41) is 1.38. The van der Waals surface area contributed by atoms with E-state index < -0.39 is 23.9 Å². The molecule has 1 rings (SSSR count). The van der Waals surface area contributed by atoms with Gasteiger partial charge in [0.25, 0.3) is 0 Å². The molecule has 0 spiro atoms. The Kier molecular flexibility index (Phi) is 5.73. The van der Waals surface area contributed by atoms with Crippen LogP contribution < -0.4 is 10.2 Å². The Morgan fingerprint density at radius 2 is 1.42 bits per heavy atom. The molecule has 0 aromatic heterocycles. The van der Waals surface area contributed by atoms with Crippen molar-refractivity contribution in [3.05, 3.63) is 24.3 Å². The third-order valence-corrected chi connectivity index (χ3v) is 3.29. The highest BCUT2D eigenvalue weighted by Gasteiger charge is 2.76. The van der Waals surface area contributed by atoms with Crippen molar-refractivity contribution in [1.29, 1.82) is 0 Å². The van der Waals surface area contributed by atoms with Gasteiger partial charge in [-0.2, -0.15) is 30.7 Å². The molecular formula is C14H15F7N2O. The number of rotatable bonds is 6. The van der Waals surface area contributed by atoms with Crippen molar-refractivity contribution in [2.24, 2.45) is 0 Å². The number of nitrogens with zero attached hydrogens (tertiary/aromatic N) is 1. The molecular weight excluding hydrogens is 345 g/mol. The zero-order chi connectivity index (χ0) is 18.8. The van der Waals surface area contributed by atoms with Crippen LogP contribution in [0.1, 0.15) is 13.8 Å². The first-order chi connectivity index (χ1) is 10.9. The van der Waals surface area contributed by atoms with Crippen molar-refractivity contribution in [1.82, 2.24) is 0 Å². The highest BCUT2D eigenvalue weighted by atomic mass is 19.4. The molecule has 0 heterocycles. The second-order valence-electron chi connectivity index (χ2n) is 4.82. The minimum absolute atomic E-state index is 0.325. The fraction of sp³-hybridized carbons (Fsp3) is 0.500. The summed E-state index contributed by atoms with van der Waals surface area (Å²) < 4.78 is 88.1. The number of nitrogens with one attached hydrogen (secondary N) is 1. The van der Waals surface area contributed by atoms with E-state index in [0.29, 0.717) is 18.8 Å². The first-order valence-electron chi connectivity index (χ1n) is 6.87. The fourth-order valence-corrected chi connectivity index (χ4v) is 1.87. The largest absolute Gasteiger partial charge is 0.460 e. The Balaban J connectivity index is 2.95. The van der Waals surface area contributed by atoms with E-state index in [-0.39, 0.29) is 5.69 Å². The highest BCUT2D eigenvalue weighted by molar-refractivity contribution is 5.97. The molecule has 0 saturated heterocycles. The van der Waals surface area contributed by atoms with Crippen LogP contribution in [0.5, 0.6) is 0 Å². The quantitative estimate of drug-likeness (QED) is 0.767. The molecule has 136 valence electrons. The van der Waals surface area contributed by atoms with Crippen LogP contribution in [0.15, 0.2) is 24.3 Å². The maximum Gasteiger partial charge on any atom is 0.460 e. The molecule has 0 atom stereocenters. The predicted molar refractivity (Wildman–Crippen MR) is 74.6 cm³/mol. The minimum Gasteiger partial charge on any atom is -0.372 e. The normalized spacial score (nSPS) is 12.9. The van der Waals surface area contributed by atoms with Gasteiger partial charge in [-0.15, -0.1) is 0 Å². The number of alkyl halides is 7. The average Bonchev–Trinajstić information content (AvgIpc) is 2.48. The van der Waals surface area contributed by atoms with Crippen molar-refractivity contribution in [2.45, 2.75) is 31.9 Å². The van der Waals surface area contributed by atoms with Crippen LogP contribution in [0.2, 0.25) is 0 Å². The number of carbonyl (C=O) groups is 1. The maximum absolute atomic E-state index is 13.2. The lowest BCUT2D eigenvalue weighted by molar-refractivity contribution is -0.343. The number of benzene rings is 1. The maximum atomic E-state index is 13.2. The van der Waals surface area contributed by atoms with E-state index in [1.54, 1.807) is 0 Å². The van der Waals surface area contributed by atoms with Gasteiger partial charge in [-0.3, -0.25) is 4.79 Å². The molecule has 10 heteroatoms. The van der Waals surface area contributed by atoms with Crippen LogP contribution in [0.3, 0.4) is 0 Å². The third-order valence-electron chi connectivity index (χ3n) is 3.29. The van der Waals surface area contributed by atoms with E-state index >= 15 is 0 Å². The predicted octanol–water partition coefficient (Wildman–Crippen LogP) is 4.30. The van der Waals surface area contributed by atoms with Gasteiger partial charge in [0, 0.05) is 24.5 Å². The lowest BCUT2D eigenvalue weighted by atomic mass is 10.1. The highest BCUT2D eigenvalue weighted by Crippen LogP contribution is 2.46. The number of halogens is 7. The van der Waals surface area contributed by atoms with Gasteiger partial charge in [0.15, 0.2) is 0 Å². The Bertz CT molecular complexity index is 565. The molecule has 0 aliphatic carbocycles. The summed E-state index contributed by atoms with van der Waals surface area (Å²) in [7, 11) is 0. The Labute approximate surface area is 133 Å². The van der Waals surface area contributed by atoms with Gasteiger partial charge in [0.2, 0.25) is 0 Å². The Morgan fingerprint density at radius 3 is 1.79 bits per heavy atom. The molecule has 0 saturated carbocycles. The molecule has 1 N–H and O–H groups in total.